The largest absolute Gasteiger partial charge is 0.326 e. The van der Waals surface area contributed by atoms with Crippen molar-refractivity contribution in [3.8, 4) is 6.07 Å². The van der Waals surface area contributed by atoms with Crippen LogP contribution in [-0.2, 0) is 15.0 Å². The van der Waals surface area contributed by atoms with Gasteiger partial charge in [0.25, 0.3) is 0 Å². The lowest BCUT2D eigenvalue weighted by atomic mass is 9.65. The van der Waals surface area contributed by atoms with Gasteiger partial charge in [0.15, 0.2) is 0 Å². The van der Waals surface area contributed by atoms with Crippen molar-refractivity contribution >= 4 is 17.5 Å². The van der Waals surface area contributed by atoms with Crippen molar-refractivity contribution in [1.29, 1.82) is 5.26 Å². The number of likely N-dealkylation sites (tertiary alicyclic amines) is 1. The highest BCUT2D eigenvalue weighted by atomic mass is 16.2. The zero-order valence-corrected chi connectivity index (χ0v) is 18.7. The monoisotopic (exact) mass is 432 g/mol. The van der Waals surface area contributed by atoms with E-state index in [-0.39, 0.29) is 28.8 Å². The normalized spacial score (nSPS) is 37.5. The van der Waals surface area contributed by atoms with Gasteiger partial charge in [0, 0.05) is 30.7 Å². The van der Waals surface area contributed by atoms with Crippen molar-refractivity contribution in [2.75, 3.05) is 24.5 Å². The van der Waals surface area contributed by atoms with Crippen LogP contribution in [0.25, 0.3) is 0 Å². The molecule has 2 aliphatic heterocycles. The highest BCUT2D eigenvalue weighted by molar-refractivity contribution is 5.95. The van der Waals surface area contributed by atoms with Gasteiger partial charge in [0.2, 0.25) is 11.8 Å². The Morgan fingerprint density at radius 1 is 1.16 bits per heavy atom. The summed E-state index contributed by atoms with van der Waals surface area (Å²) in [5, 5.41) is 13.1. The predicted molar refractivity (Wildman–Crippen MR) is 121 cm³/mol. The van der Waals surface area contributed by atoms with Gasteiger partial charge in [0.1, 0.15) is 6.04 Å². The number of amides is 2. The number of carbonyl (C=O) groups excluding carboxylic acids is 2. The van der Waals surface area contributed by atoms with Gasteiger partial charge < -0.3 is 15.1 Å². The standard InChI is InChI=1S/C26H32N4O2/c27-15-22-3-1-9-30(22)24(32)16-28-26-13-18-11-20(26)14-25(12-18,17-26)19-5-7-21(8-6-19)29-10-2-4-23(29)31/h5-8,18,20,22,28H,1-4,9-14,16-17H2/t18?,20?,22?,25-,26?/m0/s1. The Labute approximate surface area is 189 Å². The van der Waals surface area contributed by atoms with Gasteiger partial charge in [-0.25, -0.2) is 0 Å². The molecule has 7 rings (SSSR count). The van der Waals surface area contributed by atoms with E-state index >= 15 is 0 Å². The first kappa shape index (κ1) is 20.2. The summed E-state index contributed by atoms with van der Waals surface area (Å²) in [5.74, 6) is 1.67. The average Bonchev–Trinajstić information content (AvgIpc) is 3.54. The first-order chi connectivity index (χ1) is 15.5. The first-order valence-electron chi connectivity index (χ1n) is 12.4. The Balaban J connectivity index is 1.18. The molecule has 2 amide bonds. The van der Waals surface area contributed by atoms with E-state index in [2.05, 4.69) is 35.7 Å². The lowest BCUT2D eigenvalue weighted by molar-refractivity contribution is -0.130. The molecule has 6 fully saturated rings. The fourth-order valence-corrected chi connectivity index (χ4v) is 7.99. The lowest BCUT2D eigenvalue weighted by Crippen LogP contribution is -2.52. The summed E-state index contributed by atoms with van der Waals surface area (Å²) in [5.41, 5.74) is 2.68. The minimum atomic E-state index is -0.245. The number of hydrogen-bond donors (Lipinski definition) is 1. The Bertz CT molecular complexity index is 985. The van der Waals surface area contributed by atoms with Crippen molar-refractivity contribution in [3.05, 3.63) is 29.8 Å². The zero-order chi connectivity index (χ0) is 21.9. The smallest absolute Gasteiger partial charge is 0.237 e. The molecular weight excluding hydrogens is 400 g/mol. The van der Waals surface area contributed by atoms with Crippen LogP contribution in [0, 0.1) is 23.2 Å². The molecule has 1 aromatic carbocycles. The number of carbonyl (C=O) groups is 2. The second kappa shape index (κ2) is 7.31. The van der Waals surface area contributed by atoms with Crippen LogP contribution in [0.2, 0.25) is 0 Å². The Morgan fingerprint density at radius 2 is 2.00 bits per heavy atom. The van der Waals surface area contributed by atoms with Gasteiger partial charge in [-0.3, -0.25) is 9.59 Å². The van der Waals surface area contributed by atoms with Crippen LogP contribution in [0.1, 0.15) is 63.4 Å². The zero-order valence-electron chi connectivity index (χ0n) is 18.7. The minimum absolute atomic E-state index is 0.0596. The van der Waals surface area contributed by atoms with Crippen LogP contribution in [0.4, 0.5) is 5.69 Å². The van der Waals surface area contributed by atoms with E-state index in [0.717, 1.165) is 43.8 Å². The van der Waals surface area contributed by atoms with Crippen LogP contribution < -0.4 is 10.2 Å². The van der Waals surface area contributed by atoms with Crippen molar-refractivity contribution in [2.45, 2.75) is 74.8 Å². The van der Waals surface area contributed by atoms with Crippen molar-refractivity contribution in [1.82, 2.24) is 10.2 Å². The molecule has 1 aromatic rings. The third kappa shape index (κ3) is 3.01. The number of rotatable bonds is 5. The number of hydrogen-bond acceptors (Lipinski definition) is 4. The summed E-state index contributed by atoms with van der Waals surface area (Å²) < 4.78 is 0. The molecule has 168 valence electrons. The molecule has 0 aromatic heterocycles. The summed E-state index contributed by atoms with van der Waals surface area (Å²) in [7, 11) is 0. The number of anilines is 1. The van der Waals surface area contributed by atoms with Crippen LogP contribution in [0.15, 0.2) is 24.3 Å². The number of benzene rings is 1. The van der Waals surface area contributed by atoms with Gasteiger partial charge >= 0.3 is 0 Å². The third-order valence-electron chi connectivity index (χ3n) is 9.20. The first-order valence-corrected chi connectivity index (χ1v) is 12.4. The highest BCUT2D eigenvalue weighted by Crippen LogP contribution is 2.66. The third-order valence-corrected chi connectivity index (χ3v) is 9.20. The van der Waals surface area contributed by atoms with Gasteiger partial charge in [0.05, 0.1) is 12.6 Å². The van der Waals surface area contributed by atoms with E-state index in [1.54, 1.807) is 4.90 Å². The molecule has 4 saturated carbocycles. The summed E-state index contributed by atoms with van der Waals surface area (Å²) in [4.78, 5) is 28.7. The number of nitrogens with zero attached hydrogens (tertiary/aromatic N) is 3. The molecule has 5 atom stereocenters. The minimum Gasteiger partial charge on any atom is -0.326 e. The van der Waals surface area contributed by atoms with E-state index < -0.39 is 0 Å². The number of nitriles is 1. The highest BCUT2D eigenvalue weighted by Gasteiger charge is 2.64. The summed E-state index contributed by atoms with van der Waals surface area (Å²) in [6.07, 6.45) is 9.33. The fourth-order valence-electron chi connectivity index (χ4n) is 7.99. The van der Waals surface area contributed by atoms with Gasteiger partial charge in [-0.2, -0.15) is 5.26 Å². The Hall–Kier alpha value is -2.39. The van der Waals surface area contributed by atoms with Crippen LogP contribution in [-0.4, -0.2) is 47.9 Å². The Kier molecular flexibility index (Phi) is 4.62. The molecule has 6 aliphatic rings. The topological polar surface area (TPSA) is 76.4 Å². The molecular formula is C26H32N4O2. The SMILES string of the molecule is N#CC1CCCN1C(=O)CNC12CC3CC1C[C@@](c1ccc(N4CCCC4=O)cc1)(C3)C2. The van der Waals surface area contributed by atoms with E-state index in [1.807, 2.05) is 4.90 Å². The maximum Gasteiger partial charge on any atom is 0.237 e. The molecule has 1 N–H and O–H groups in total. The van der Waals surface area contributed by atoms with E-state index in [0.29, 0.717) is 25.4 Å². The molecule has 0 spiro atoms. The Morgan fingerprint density at radius 3 is 2.75 bits per heavy atom. The molecule has 0 radical (unpaired) electrons. The lowest BCUT2D eigenvalue weighted by Gasteiger charge is -2.42. The van der Waals surface area contributed by atoms with Gasteiger partial charge in [-0.05, 0) is 86.3 Å². The summed E-state index contributed by atoms with van der Waals surface area (Å²) >= 11 is 0. The maximum absolute atomic E-state index is 12.9. The number of nitrogens with one attached hydrogen (secondary N) is 1. The molecule has 4 bridgehead atoms. The predicted octanol–water partition coefficient (Wildman–Crippen LogP) is 3.12. The van der Waals surface area contributed by atoms with Crippen LogP contribution in [0.5, 0.6) is 0 Å². The molecule has 6 nitrogen and oxygen atoms in total. The quantitative estimate of drug-likeness (QED) is 0.776. The molecule has 32 heavy (non-hydrogen) atoms. The van der Waals surface area contributed by atoms with Gasteiger partial charge in [-0.1, -0.05) is 12.1 Å². The molecule has 6 heteroatoms. The van der Waals surface area contributed by atoms with Crippen molar-refractivity contribution < 1.29 is 9.59 Å². The molecule has 2 saturated heterocycles. The van der Waals surface area contributed by atoms with Crippen LogP contribution in [0.3, 0.4) is 0 Å². The van der Waals surface area contributed by atoms with Crippen molar-refractivity contribution in [3.63, 3.8) is 0 Å². The van der Waals surface area contributed by atoms with Crippen LogP contribution >= 0.6 is 0 Å². The fraction of sp³-hybridized carbons (Fsp3) is 0.654. The average molecular weight is 433 g/mol. The molecule has 2 heterocycles. The summed E-state index contributed by atoms with van der Waals surface area (Å²) in [6.45, 7) is 1.90. The van der Waals surface area contributed by atoms with Crippen molar-refractivity contribution in [2.24, 2.45) is 11.8 Å². The molecule has 4 aliphatic carbocycles. The van der Waals surface area contributed by atoms with E-state index in [4.69, 9.17) is 0 Å². The molecule has 4 unspecified atom stereocenters. The summed E-state index contributed by atoms with van der Waals surface area (Å²) in [6, 6.07) is 10.8. The van der Waals surface area contributed by atoms with E-state index in [9.17, 15) is 14.9 Å². The van der Waals surface area contributed by atoms with E-state index in [1.165, 1.54) is 31.2 Å². The van der Waals surface area contributed by atoms with Gasteiger partial charge in [-0.15, -0.1) is 0 Å². The second-order valence-electron chi connectivity index (χ2n) is 10.9. The maximum atomic E-state index is 12.9. The second-order valence-corrected chi connectivity index (χ2v) is 10.9.